The highest BCUT2D eigenvalue weighted by atomic mass is 19.4. The van der Waals surface area contributed by atoms with Crippen LogP contribution in [-0.2, 0) is 6.18 Å². The Labute approximate surface area is 137 Å². The Hall–Kier alpha value is -2.76. The molecule has 1 heterocycles. The molecule has 0 bridgehead atoms. The van der Waals surface area contributed by atoms with E-state index in [-0.39, 0.29) is 11.5 Å². The predicted octanol–water partition coefficient (Wildman–Crippen LogP) is 3.45. The SMILES string of the molecule is CN(c1ccc(OC(F)(F)F)cc1)c1cc(C(F)(F)F)nc(NN)n1. The first kappa shape index (κ1) is 18.6. The van der Waals surface area contributed by atoms with Crippen LogP contribution in [0.25, 0.3) is 0 Å². The van der Waals surface area contributed by atoms with Crippen LogP contribution in [0.4, 0.5) is 43.8 Å². The average Bonchev–Trinajstić information content (AvgIpc) is 2.52. The number of anilines is 3. The van der Waals surface area contributed by atoms with Gasteiger partial charge in [0.25, 0.3) is 0 Å². The first-order valence-electron chi connectivity index (χ1n) is 6.52. The Morgan fingerprint density at radius 3 is 2.12 bits per heavy atom. The van der Waals surface area contributed by atoms with Gasteiger partial charge in [-0.05, 0) is 24.3 Å². The van der Waals surface area contributed by atoms with E-state index in [0.29, 0.717) is 6.07 Å². The summed E-state index contributed by atoms with van der Waals surface area (Å²) in [7, 11) is 1.38. The smallest absolute Gasteiger partial charge is 0.406 e. The maximum atomic E-state index is 12.9. The van der Waals surface area contributed by atoms with Gasteiger partial charge in [0, 0.05) is 18.8 Å². The molecule has 0 spiro atoms. The number of hydrazine groups is 1. The molecule has 25 heavy (non-hydrogen) atoms. The Balaban J connectivity index is 2.32. The van der Waals surface area contributed by atoms with Crippen molar-refractivity contribution in [3.05, 3.63) is 36.0 Å². The molecule has 1 aromatic heterocycles. The molecule has 0 atom stereocenters. The number of aromatic nitrogens is 2. The van der Waals surface area contributed by atoms with Crippen molar-refractivity contribution in [3.8, 4) is 5.75 Å². The number of halogens is 6. The molecule has 0 radical (unpaired) electrons. The monoisotopic (exact) mass is 367 g/mol. The average molecular weight is 367 g/mol. The van der Waals surface area contributed by atoms with Gasteiger partial charge in [-0.3, -0.25) is 5.43 Å². The number of benzene rings is 1. The van der Waals surface area contributed by atoms with E-state index in [2.05, 4.69) is 14.7 Å². The van der Waals surface area contributed by atoms with Gasteiger partial charge >= 0.3 is 12.5 Å². The maximum absolute atomic E-state index is 12.9. The van der Waals surface area contributed by atoms with Crippen LogP contribution >= 0.6 is 0 Å². The third-order valence-corrected chi connectivity index (χ3v) is 2.93. The van der Waals surface area contributed by atoms with Crippen LogP contribution in [0, 0.1) is 0 Å². The Kier molecular flexibility index (Phi) is 4.92. The zero-order valence-corrected chi connectivity index (χ0v) is 12.5. The summed E-state index contributed by atoms with van der Waals surface area (Å²) in [6.45, 7) is 0. The number of nitrogen functional groups attached to an aromatic ring is 1. The van der Waals surface area contributed by atoms with E-state index < -0.39 is 29.9 Å². The number of nitrogens with one attached hydrogen (secondary N) is 1. The van der Waals surface area contributed by atoms with E-state index >= 15 is 0 Å². The van der Waals surface area contributed by atoms with E-state index in [4.69, 9.17) is 5.84 Å². The molecular formula is C13H11F6N5O. The summed E-state index contributed by atoms with van der Waals surface area (Å²) in [5, 5.41) is 0. The highest BCUT2D eigenvalue weighted by Gasteiger charge is 2.34. The van der Waals surface area contributed by atoms with Crippen LogP contribution in [0.5, 0.6) is 5.75 Å². The van der Waals surface area contributed by atoms with Gasteiger partial charge in [-0.2, -0.15) is 18.2 Å². The van der Waals surface area contributed by atoms with E-state index in [1.165, 1.54) is 24.1 Å². The minimum atomic E-state index is -4.84. The summed E-state index contributed by atoms with van der Waals surface area (Å²) in [6.07, 6.45) is -9.57. The quantitative estimate of drug-likeness (QED) is 0.490. The number of nitrogens with zero attached hydrogens (tertiary/aromatic N) is 3. The Bertz CT molecular complexity index is 731. The van der Waals surface area contributed by atoms with Gasteiger partial charge in [-0.25, -0.2) is 10.8 Å². The van der Waals surface area contributed by atoms with E-state index in [1.807, 2.05) is 5.43 Å². The zero-order chi connectivity index (χ0) is 18.8. The summed E-state index contributed by atoms with van der Waals surface area (Å²) in [6, 6.07) is 5.18. The number of hydrogen-bond donors (Lipinski definition) is 2. The van der Waals surface area contributed by atoms with Gasteiger partial charge in [-0.1, -0.05) is 0 Å². The molecule has 136 valence electrons. The molecule has 2 aromatic rings. The van der Waals surface area contributed by atoms with Crippen LogP contribution in [0.15, 0.2) is 30.3 Å². The van der Waals surface area contributed by atoms with Crippen molar-refractivity contribution in [2.45, 2.75) is 12.5 Å². The van der Waals surface area contributed by atoms with Gasteiger partial charge in [0.1, 0.15) is 11.6 Å². The molecule has 0 fully saturated rings. The fourth-order valence-corrected chi connectivity index (χ4v) is 1.82. The third kappa shape index (κ3) is 4.86. The van der Waals surface area contributed by atoms with Gasteiger partial charge in [0.2, 0.25) is 5.95 Å². The van der Waals surface area contributed by atoms with Crippen LogP contribution in [-0.4, -0.2) is 23.4 Å². The molecule has 0 saturated carbocycles. The predicted molar refractivity (Wildman–Crippen MR) is 76.0 cm³/mol. The van der Waals surface area contributed by atoms with Crippen LogP contribution < -0.4 is 20.9 Å². The summed E-state index contributed by atoms with van der Waals surface area (Å²) in [4.78, 5) is 8.22. The molecule has 1 aromatic carbocycles. The first-order chi connectivity index (χ1) is 11.5. The maximum Gasteiger partial charge on any atom is 0.573 e. The van der Waals surface area contributed by atoms with E-state index in [9.17, 15) is 26.3 Å². The van der Waals surface area contributed by atoms with Crippen molar-refractivity contribution in [1.29, 1.82) is 0 Å². The summed E-state index contributed by atoms with van der Waals surface area (Å²) < 4.78 is 78.7. The molecular weight excluding hydrogens is 356 g/mol. The second-order valence-electron chi connectivity index (χ2n) is 4.68. The number of alkyl halides is 6. The highest BCUT2D eigenvalue weighted by molar-refractivity contribution is 5.61. The fourth-order valence-electron chi connectivity index (χ4n) is 1.82. The zero-order valence-electron chi connectivity index (χ0n) is 12.5. The Morgan fingerprint density at radius 2 is 1.64 bits per heavy atom. The van der Waals surface area contributed by atoms with Gasteiger partial charge in [0.05, 0.1) is 0 Å². The summed E-state index contributed by atoms with van der Waals surface area (Å²) >= 11 is 0. The third-order valence-electron chi connectivity index (χ3n) is 2.93. The molecule has 0 amide bonds. The van der Waals surface area contributed by atoms with E-state index in [1.54, 1.807) is 0 Å². The molecule has 0 saturated heterocycles. The molecule has 6 nitrogen and oxygen atoms in total. The number of rotatable bonds is 4. The molecule has 3 N–H and O–H groups in total. The largest absolute Gasteiger partial charge is 0.573 e. The topological polar surface area (TPSA) is 76.3 Å². The lowest BCUT2D eigenvalue weighted by Gasteiger charge is -2.20. The van der Waals surface area contributed by atoms with Crippen molar-refractivity contribution in [1.82, 2.24) is 9.97 Å². The second kappa shape index (κ2) is 6.63. The molecule has 0 aliphatic carbocycles. The minimum Gasteiger partial charge on any atom is -0.406 e. The standard InChI is InChI=1S/C13H11F6N5O/c1-24(7-2-4-8(5-3-7)25-13(17,18)19)10-6-9(12(14,15)16)21-11(22-10)23-20/h2-6H,20H2,1H3,(H,21,22,23). The lowest BCUT2D eigenvalue weighted by Crippen LogP contribution is -2.19. The first-order valence-corrected chi connectivity index (χ1v) is 6.52. The van der Waals surface area contributed by atoms with Gasteiger partial charge < -0.3 is 9.64 Å². The molecule has 0 unspecified atom stereocenters. The van der Waals surface area contributed by atoms with Gasteiger partial charge in [-0.15, -0.1) is 13.2 Å². The lowest BCUT2D eigenvalue weighted by molar-refractivity contribution is -0.274. The number of hydrogen-bond acceptors (Lipinski definition) is 6. The number of nitrogens with two attached hydrogens (primary N) is 1. The molecule has 0 aliphatic rings. The molecule has 12 heteroatoms. The fraction of sp³-hybridized carbons (Fsp3) is 0.231. The lowest BCUT2D eigenvalue weighted by atomic mass is 10.2. The minimum absolute atomic E-state index is 0.167. The van der Waals surface area contributed by atoms with E-state index in [0.717, 1.165) is 12.1 Å². The number of ether oxygens (including phenoxy) is 1. The summed E-state index contributed by atoms with van der Waals surface area (Å²) in [5.74, 6) is 3.97. The second-order valence-corrected chi connectivity index (χ2v) is 4.68. The van der Waals surface area contributed by atoms with Gasteiger partial charge in [0.15, 0.2) is 5.69 Å². The molecule has 0 aliphatic heterocycles. The van der Waals surface area contributed by atoms with Crippen molar-refractivity contribution in [2.24, 2.45) is 5.84 Å². The van der Waals surface area contributed by atoms with Crippen LogP contribution in [0.2, 0.25) is 0 Å². The van der Waals surface area contributed by atoms with Crippen molar-refractivity contribution >= 4 is 17.5 Å². The Morgan fingerprint density at radius 1 is 1.04 bits per heavy atom. The highest BCUT2D eigenvalue weighted by Crippen LogP contribution is 2.32. The van der Waals surface area contributed by atoms with Crippen LogP contribution in [0.3, 0.4) is 0 Å². The normalized spacial score (nSPS) is 12.0. The van der Waals surface area contributed by atoms with Crippen molar-refractivity contribution in [2.75, 3.05) is 17.4 Å². The summed E-state index contributed by atoms with van der Waals surface area (Å²) in [5.41, 5.74) is 0.968. The van der Waals surface area contributed by atoms with Crippen molar-refractivity contribution < 1.29 is 31.1 Å². The van der Waals surface area contributed by atoms with Crippen LogP contribution in [0.1, 0.15) is 5.69 Å². The van der Waals surface area contributed by atoms with Crippen molar-refractivity contribution in [3.63, 3.8) is 0 Å². The molecule has 2 rings (SSSR count).